The van der Waals surface area contributed by atoms with Crippen molar-refractivity contribution in [2.24, 2.45) is 5.92 Å². The molecule has 1 aromatic rings. The van der Waals surface area contributed by atoms with Gasteiger partial charge in [-0.3, -0.25) is 0 Å². The smallest absolute Gasteiger partial charge is 0.207 e. The molecule has 1 aromatic carbocycles. The Labute approximate surface area is 131 Å². The summed E-state index contributed by atoms with van der Waals surface area (Å²) in [5, 5.41) is 0. The third kappa shape index (κ3) is 5.79. The van der Waals surface area contributed by atoms with Crippen LogP contribution >= 0.6 is 0 Å². The third-order valence-electron chi connectivity index (χ3n) is 3.40. The standard InChI is InChI=1S/C13H19NO2S.2C2H6/c1-11-3-5-13(6-4-11)17(15,16)14-9-7-12(2)8-10-14;2*1-2/h3-6,12H,7-10H2,1-2H3;2*1-2H3. The Kier molecular flexibility index (Phi) is 9.54. The molecule has 0 unspecified atom stereocenters. The van der Waals surface area contributed by atoms with Crippen LogP contribution in [-0.2, 0) is 10.0 Å². The van der Waals surface area contributed by atoms with Gasteiger partial charge in [-0.05, 0) is 37.8 Å². The Morgan fingerprint density at radius 2 is 1.38 bits per heavy atom. The van der Waals surface area contributed by atoms with Gasteiger partial charge in [-0.2, -0.15) is 4.31 Å². The lowest BCUT2D eigenvalue weighted by atomic mass is 10.0. The maximum absolute atomic E-state index is 12.3. The second kappa shape index (κ2) is 9.96. The number of aryl methyl sites for hydroxylation is 1. The normalized spacial score (nSPS) is 16.3. The average Bonchev–Trinajstić information content (AvgIpc) is 2.52. The van der Waals surface area contributed by atoms with Gasteiger partial charge in [0.05, 0.1) is 4.90 Å². The predicted octanol–water partition coefficient (Wildman–Crippen LogP) is 4.47. The molecule has 1 fully saturated rings. The fourth-order valence-electron chi connectivity index (χ4n) is 2.08. The summed E-state index contributed by atoms with van der Waals surface area (Å²) in [5.41, 5.74) is 1.08. The molecule has 1 aliphatic heterocycles. The Morgan fingerprint density at radius 1 is 0.952 bits per heavy atom. The van der Waals surface area contributed by atoms with Crippen molar-refractivity contribution in [2.75, 3.05) is 13.1 Å². The Balaban J connectivity index is 0.000000921. The zero-order valence-electron chi connectivity index (χ0n) is 14.4. The summed E-state index contributed by atoms with van der Waals surface area (Å²) in [7, 11) is -3.27. The lowest BCUT2D eigenvalue weighted by molar-refractivity contribution is 0.288. The molecule has 0 saturated carbocycles. The lowest BCUT2D eigenvalue weighted by Crippen LogP contribution is -2.37. The van der Waals surface area contributed by atoms with Gasteiger partial charge >= 0.3 is 0 Å². The van der Waals surface area contributed by atoms with Crippen molar-refractivity contribution < 1.29 is 8.42 Å². The van der Waals surface area contributed by atoms with E-state index in [-0.39, 0.29) is 0 Å². The number of hydrogen-bond donors (Lipinski definition) is 0. The number of hydrogen-bond acceptors (Lipinski definition) is 2. The highest BCUT2D eigenvalue weighted by Crippen LogP contribution is 2.23. The van der Waals surface area contributed by atoms with E-state index in [0.717, 1.165) is 18.4 Å². The van der Waals surface area contributed by atoms with Crippen LogP contribution in [-0.4, -0.2) is 25.8 Å². The van der Waals surface area contributed by atoms with Crippen molar-refractivity contribution in [3.05, 3.63) is 29.8 Å². The first-order valence-corrected chi connectivity index (χ1v) is 9.51. The van der Waals surface area contributed by atoms with Crippen LogP contribution in [0.25, 0.3) is 0 Å². The van der Waals surface area contributed by atoms with Crippen LogP contribution in [0.15, 0.2) is 29.2 Å². The number of benzene rings is 1. The van der Waals surface area contributed by atoms with E-state index in [4.69, 9.17) is 0 Å². The predicted molar refractivity (Wildman–Crippen MR) is 91.0 cm³/mol. The first-order chi connectivity index (χ1) is 10.00. The first kappa shape index (κ1) is 20.1. The summed E-state index contributed by atoms with van der Waals surface area (Å²) in [4.78, 5) is 0.414. The van der Waals surface area contributed by atoms with Gasteiger partial charge in [-0.15, -0.1) is 0 Å². The molecule has 4 heteroatoms. The number of piperidine rings is 1. The van der Waals surface area contributed by atoms with E-state index in [0.29, 0.717) is 23.9 Å². The maximum atomic E-state index is 12.3. The minimum Gasteiger partial charge on any atom is -0.207 e. The van der Waals surface area contributed by atoms with Gasteiger partial charge in [-0.25, -0.2) is 8.42 Å². The number of sulfonamides is 1. The van der Waals surface area contributed by atoms with Crippen LogP contribution in [0.5, 0.6) is 0 Å². The van der Waals surface area contributed by atoms with Gasteiger partial charge in [0.1, 0.15) is 0 Å². The molecule has 21 heavy (non-hydrogen) atoms. The summed E-state index contributed by atoms with van der Waals surface area (Å²) in [5.74, 6) is 0.638. The molecule has 1 heterocycles. The van der Waals surface area contributed by atoms with Crippen molar-refractivity contribution in [3.8, 4) is 0 Å². The molecular weight excluding hydrogens is 282 g/mol. The molecule has 0 aliphatic carbocycles. The van der Waals surface area contributed by atoms with Gasteiger partial charge in [0.25, 0.3) is 0 Å². The average molecular weight is 314 g/mol. The van der Waals surface area contributed by atoms with Crippen LogP contribution in [0.2, 0.25) is 0 Å². The van der Waals surface area contributed by atoms with E-state index >= 15 is 0 Å². The molecule has 2 rings (SSSR count). The molecule has 1 saturated heterocycles. The van der Waals surface area contributed by atoms with Gasteiger partial charge < -0.3 is 0 Å². The second-order valence-corrected chi connectivity index (χ2v) is 6.84. The molecule has 0 amide bonds. The number of nitrogens with zero attached hydrogens (tertiary/aromatic N) is 1. The Hall–Kier alpha value is -0.870. The van der Waals surface area contributed by atoms with Crippen molar-refractivity contribution in [3.63, 3.8) is 0 Å². The van der Waals surface area contributed by atoms with E-state index in [1.807, 2.05) is 46.8 Å². The van der Waals surface area contributed by atoms with Crippen LogP contribution < -0.4 is 0 Å². The zero-order chi connectivity index (χ0) is 16.5. The van der Waals surface area contributed by atoms with Gasteiger partial charge in [-0.1, -0.05) is 52.3 Å². The Morgan fingerprint density at radius 3 is 1.81 bits per heavy atom. The monoisotopic (exact) mass is 313 g/mol. The molecule has 0 radical (unpaired) electrons. The largest absolute Gasteiger partial charge is 0.243 e. The quantitative estimate of drug-likeness (QED) is 0.808. The highest BCUT2D eigenvalue weighted by Gasteiger charge is 2.27. The van der Waals surface area contributed by atoms with Crippen LogP contribution in [0, 0.1) is 12.8 Å². The molecule has 122 valence electrons. The first-order valence-electron chi connectivity index (χ1n) is 8.07. The van der Waals surface area contributed by atoms with Crippen molar-refractivity contribution in [2.45, 2.75) is 59.3 Å². The molecule has 0 N–H and O–H groups in total. The highest BCUT2D eigenvalue weighted by atomic mass is 32.2. The van der Waals surface area contributed by atoms with Crippen LogP contribution in [0.1, 0.15) is 53.0 Å². The van der Waals surface area contributed by atoms with E-state index in [1.54, 1.807) is 16.4 Å². The minimum atomic E-state index is -3.27. The maximum Gasteiger partial charge on any atom is 0.243 e. The molecule has 0 spiro atoms. The lowest BCUT2D eigenvalue weighted by Gasteiger charge is -2.29. The topological polar surface area (TPSA) is 37.4 Å². The molecule has 0 atom stereocenters. The SMILES string of the molecule is CC.CC.Cc1ccc(S(=O)(=O)N2CCC(C)CC2)cc1. The van der Waals surface area contributed by atoms with E-state index in [1.165, 1.54) is 0 Å². The van der Waals surface area contributed by atoms with Crippen molar-refractivity contribution >= 4 is 10.0 Å². The van der Waals surface area contributed by atoms with Gasteiger partial charge in [0.2, 0.25) is 10.0 Å². The summed E-state index contributed by atoms with van der Waals surface area (Å²) in [6, 6.07) is 7.09. The summed E-state index contributed by atoms with van der Waals surface area (Å²) >= 11 is 0. The van der Waals surface area contributed by atoms with Crippen molar-refractivity contribution in [1.29, 1.82) is 0 Å². The Bertz CT molecular complexity index is 472. The molecule has 3 nitrogen and oxygen atoms in total. The summed E-state index contributed by atoms with van der Waals surface area (Å²) in [6.07, 6.45) is 1.93. The second-order valence-electron chi connectivity index (χ2n) is 4.90. The zero-order valence-corrected chi connectivity index (χ0v) is 15.2. The molecule has 1 aliphatic rings. The molecular formula is C17H31NO2S. The van der Waals surface area contributed by atoms with E-state index < -0.39 is 10.0 Å². The highest BCUT2D eigenvalue weighted by molar-refractivity contribution is 7.89. The van der Waals surface area contributed by atoms with Crippen molar-refractivity contribution in [1.82, 2.24) is 4.31 Å². The van der Waals surface area contributed by atoms with Gasteiger partial charge in [0, 0.05) is 13.1 Å². The molecule has 0 aromatic heterocycles. The van der Waals surface area contributed by atoms with E-state index in [9.17, 15) is 8.42 Å². The third-order valence-corrected chi connectivity index (χ3v) is 5.31. The number of rotatable bonds is 2. The fraction of sp³-hybridized carbons (Fsp3) is 0.647. The fourth-order valence-corrected chi connectivity index (χ4v) is 3.55. The van der Waals surface area contributed by atoms with Gasteiger partial charge in [0.15, 0.2) is 0 Å². The van der Waals surface area contributed by atoms with Crippen LogP contribution in [0.4, 0.5) is 0 Å². The summed E-state index contributed by atoms with van der Waals surface area (Å²) < 4.78 is 26.3. The van der Waals surface area contributed by atoms with E-state index in [2.05, 4.69) is 6.92 Å². The minimum absolute atomic E-state index is 0.414. The molecule has 0 bridgehead atoms. The van der Waals surface area contributed by atoms with Crippen LogP contribution in [0.3, 0.4) is 0 Å². The summed E-state index contributed by atoms with van der Waals surface area (Å²) in [6.45, 7) is 13.4.